The van der Waals surface area contributed by atoms with Crippen molar-refractivity contribution in [3.8, 4) is 0 Å². The maximum atomic E-state index is 3.82. The lowest BCUT2D eigenvalue weighted by Crippen LogP contribution is -2.37. The monoisotopic (exact) mass is 239 g/mol. The molecule has 1 atom stereocenters. The second-order valence-electron chi connectivity index (χ2n) is 5.81. The first-order chi connectivity index (χ1) is 8.38. The summed E-state index contributed by atoms with van der Waals surface area (Å²) in [4.78, 5) is 0. The van der Waals surface area contributed by atoms with E-state index in [1.54, 1.807) is 0 Å². The Kier molecular flexibility index (Phi) is 8.78. The Bertz CT molecular complexity index is 161. The molecule has 1 fully saturated rings. The van der Waals surface area contributed by atoms with Gasteiger partial charge in [-0.15, -0.1) is 0 Å². The van der Waals surface area contributed by atoms with E-state index >= 15 is 0 Å². The molecule has 1 nitrogen and oxygen atoms in total. The number of rotatable bonds is 9. The van der Waals surface area contributed by atoms with Crippen LogP contribution in [0.15, 0.2) is 0 Å². The van der Waals surface area contributed by atoms with E-state index < -0.39 is 0 Å². The number of hydrogen-bond acceptors (Lipinski definition) is 1. The van der Waals surface area contributed by atoms with Gasteiger partial charge in [0.1, 0.15) is 0 Å². The van der Waals surface area contributed by atoms with Crippen LogP contribution in [0, 0.1) is 5.92 Å². The first-order valence-corrected chi connectivity index (χ1v) is 8.11. The molecule has 0 amide bonds. The van der Waals surface area contributed by atoms with Gasteiger partial charge >= 0.3 is 0 Å². The van der Waals surface area contributed by atoms with Crippen LogP contribution in [0.25, 0.3) is 0 Å². The van der Waals surface area contributed by atoms with Crippen LogP contribution in [-0.2, 0) is 0 Å². The summed E-state index contributed by atoms with van der Waals surface area (Å²) in [5.74, 6) is 0.983. The Morgan fingerprint density at radius 1 is 0.941 bits per heavy atom. The second-order valence-corrected chi connectivity index (χ2v) is 5.81. The standard InChI is InChI=1S/C16H33N/c1-3-5-6-10-13-16(17-14-4-2)15-11-8-7-9-12-15/h15-17H,3-14H2,1-2H3. The van der Waals surface area contributed by atoms with Gasteiger partial charge < -0.3 is 5.32 Å². The molecule has 17 heavy (non-hydrogen) atoms. The van der Waals surface area contributed by atoms with Crippen LogP contribution < -0.4 is 5.32 Å². The highest BCUT2D eigenvalue weighted by Crippen LogP contribution is 2.28. The Balaban J connectivity index is 2.25. The van der Waals surface area contributed by atoms with Crippen molar-refractivity contribution < 1.29 is 0 Å². The van der Waals surface area contributed by atoms with E-state index in [0.717, 1.165) is 12.0 Å². The van der Waals surface area contributed by atoms with E-state index in [9.17, 15) is 0 Å². The highest BCUT2D eigenvalue weighted by molar-refractivity contribution is 4.79. The Labute approximate surface area is 109 Å². The maximum absolute atomic E-state index is 3.82. The minimum Gasteiger partial charge on any atom is -0.314 e. The van der Waals surface area contributed by atoms with Crippen molar-refractivity contribution in [3.05, 3.63) is 0 Å². The summed E-state index contributed by atoms with van der Waals surface area (Å²) < 4.78 is 0. The van der Waals surface area contributed by atoms with Gasteiger partial charge in [0, 0.05) is 6.04 Å². The summed E-state index contributed by atoms with van der Waals surface area (Å²) in [5, 5.41) is 3.82. The average molecular weight is 239 g/mol. The van der Waals surface area contributed by atoms with E-state index in [4.69, 9.17) is 0 Å². The van der Waals surface area contributed by atoms with Gasteiger partial charge in [-0.1, -0.05) is 58.8 Å². The Morgan fingerprint density at radius 2 is 1.71 bits per heavy atom. The molecule has 0 spiro atoms. The topological polar surface area (TPSA) is 12.0 Å². The van der Waals surface area contributed by atoms with Crippen LogP contribution in [0.3, 0.4) is 0 Å². The van der Waals surface area contributed by atoms with Crippen LogP contribution in [-0.4, -0.2) is 12.6 Å². The predicted molar refractivity (Wildman–Crippen MR) is 77.4 cm³/mol. The molecule has 1 aliphatic rings. The molecule has 0 bridgehead atoms. The summed E-state index contributed by atoms with van der Waals surface area (Å²) in [6.45, 7) is 5.80. The molecule has 0 aliphatic heterocycles. The predicted octanol–water partition coefficient (Wildman–Crippen LogP) is 4.91. The summed E-state index contributed by atoms with van der Waals surface area (Å²) in [6, 6.07) is 0.826. The first-order valence-electron chi connectivity index (χ1n) is 8.11. The van der Waals surface area contributed by atoms with Gasteiger partial charge in [0.15, 0.2) is 0 Å². The number of unbranched alkanes of at least 4 members (excludes halogenated alkanes) is 3. The highest BCUT2D eigenvalue weighted by Gasteiger charge is 2.22. The van der Waals surface area contributed by atoms with Crippen molar-refractivity contribution in [2.75, 3.05) is 6.54 Å². The van der Waals surface area contributed by atoms with Gasteiger partial charge in [0.05, 0.1) is 0 Å². The molecule has 0 radical (unpaired) electrons. The van der Waals surface area contributed by atoms with Crippen LogP contribution in [0.1, 0.15) is 84.5 Å². The van der Waals surface area contributed by atoms with Crippen LogP contribution >= 0.6 is 0 Å². The van der Waals surface area contributed by atoms with Gasteiger partial charge in [0.2, 0.25) is 0 Å². The quantitative estimate of drug-likeness (QED) is 0.564. The van der Waals surface area contributed by atoms with Crippen molar-refractivity contribution in [3.63, 3.8) is 0 Å². The highest BCUT2D eigenvalue weighted by atomic mass is 14.9. The minimum absolute atomic E-state index is 0.826. The first kappa shape index (κ1) is 15.0. The smallest absolute Gasteiger partial charge is 0.00953 e. The molecule has 0 saturated heterocycles. The molecule has 0 aromatic heterocycles. The Hall–Kier alpha value is -0.0400. The average Bonchev–Trinajstić information content (AvgIpc) is 2.39. The van der Waals surface area contributed by atoms with Crippen molar-refractivity contribution in [1.29, 1.82) is 0 Å². The second kappa shape index (κ2) is 9.94. The number of nitrogens with one attached hydrogen (secondary N) is 1. The van der Waals surface area contributed by atoms with Crippen LogP contribution in [0.4, 0.5) is 0 Å². The molecular formula is C16H33N. The zero-order valence-electron chi connectivity index (χ0n) is 12.1. The lowest BCUT2D eigenvalue weighted by atomic mass is 9.82. The van der Waals surface area contributed by atoms with Crippen molar-refractivity contribution in [2.24, 2.45) is 5.92 Å². The third-order valence-corrected chi connectivity index (χ3v) is 4.24. The largest absolute Gasteiger partial charge is 0.314 e. The Morgan fingerprint density at radius 3 is 2.35 bits per heavy atom. The molecular weight excluding hydrogens is 206 g/mol. The molecule has 1 N–H and O–H groups in total. The van der Waals surface area contributed by atoms with E-state index in [1.165, 1.54) is 77.2 Å². The fraction of sp³-hybridized carbons (Fsp3) is 1.00. The molecule has 0 aromatic carbocycles. The minimum atomic E-state index is 0.826. The van der Waals surface area contributed by atoms with Crippen molar-refractivity contribution in [2.45, 2.75) is 90.5 Å². The molecule has 1 unspecified atom stereocenters. The van der Waals surface area contributed by atoms with E-state index in [2.05, 4.69) is 19.2 Å². The van der Waals surface area contributed by atoms with Gasteiger partial charge in [-0.05, 0) is 38.1 Å². The molecule has 102 valence electrons. The third-order valence-electron chi connectivity index (χ3n) is 4.24. The summed E-state index contributed by atoms with van der Waals surface area (Å²) in [7, 11) is 0. The van der Waals surface area contributed by atoms with Gasteiger partial charge in [-0.3, -0.25) is 0 Å². The van der Waals surface area contributed by atoms with E-state index in [0.29, 0.717) is 0 Å². The lowest BCUT2D eigenvalue weighted by Gasteiger charge is -2.31. The van der Waals surface area contributed by atoms with Gasteiger partial charge in [0.25, 0.3) is 0 Å². The normalized spacial score (nSPS) is 19.4. The van der Waals surface area contributed by atoms with E-state index in [-0.39, 0.29) is 0 Å². The molecule has 0 heterocycles. The van der Waals surface area contributed by atoms with Crippen molar-refractivity contribution >= 4 is 0 Å². The van der Waals surface area contributed by atoms with Crippen molar-refractivity contribution in [1.82, 2.24) is 5.32 Å². The van der Waals surface area contributed by atoms with Gasteiger partial charge in [-0.2, -0.15) is 0 Å². The zero-order chi connectivity index (χ0) is 12.3. The zero-order valence-corrected chi connectivity index (χ0v) is 12.1. The molecule has 1 saturated carbocycles. The molecule has 0 aromatic rings. The lowest BCUT2D eigenvalue weighted by molar-refractivity contribution is 0.253. The van der Waals surface area contributed by atoms with Crippen LogP contribution in [0.2, 0.25) is 0 Å². The molecule has 1 rings (SSSR count). The van der Waals surface area contributed by atoms with E-state index in [1.807, 2.05) is 0 Å². The summed E-state index contributed by atoms with van der Waals surface area (Å²) >= 11 is 0. The van der Waals surface area contributed by atoms with Gasteiger partial charge in [-0.25, -0.2) is 0 Å². The molecule has 1 heteroatoms. The SMILES string of the molecule is CCCCCCC(NCCC)C1CCCCC1. The molecule has 1 aliphatic carbocycles. The van der Waals surface area contributed by atoms with Crippen LogP contribution in [0.5, 0.6) is 0 Å². The summed E-state index contributed by atoms with van der Waals surface area (Å²) in [6.07, 6.45) is 15.7. The fourth-order valence-electron chi connectivity index (χ4n) is 3.16. The fourth-order valence-corrected chi connectivity index (χ4v) is 3.16. The maximum Gasteiger partial charge on any atom is 0.00953 e. The summed E-state index contributed by atoms with van der Waals surface area (Å²) in [5.41, 5.74) is 0. The number of hydrogen-bond donors (Lipinski definition) is 1. The third kappa shape index (κ3) is 6.45.